The first kappa shape index (κ1) is 15.6. The zero-order valence-corrected chi connectivity index (χ0v) is 13.0. The number of carbonyl (C=O) groups is 1. The molecule has 0 fully saturated rings. The SMILES string of the molecule is COc1cc(-c2cc(/C=C/C(C)=O)[nH]n2)cc(OC)c1OC. The smallest absolute Gasteiger partial charge is 0.203 e. The minimum Gasteiger partial charge on any atom is -0.493 e. The van der Waals surface area contributed by atoms with Crippen LogP contribution in [0.15, 0.2) is 24.3 Å². The maximum atomic E-state index is 11.0. The number of methoxy groups -OCH3 is 3. The average molecular weight is 302 g/mol. The number of aromatic amines is 1. The maximum absolute atomic E-state index is 11.0. The summed E-state index contributed by atoms with van der Waals surface area (Å²) in [6, 6.07) is 5.46. The standard InChI is InChI=1S/C16H18N2O4/c1-10(19)5-6-12-9-13(18-17-12)11-7-14(20-2)16(22-4)15(8-11)21-3/h5-9H,1-4H3,(H,17,18)/b6-5+. The highest BCUT2D eigenvalue weighted by atomic mass is 16.5. The molecule has 2 rings (SSSR count). The lowest BCUT2D eigenvalue weighted by Crippen LogP contribution is -1.95. The average Bonchev–Trinajstić information content (AvgIpc) is 3.00. The first-order valence-corrected chi connectivity index (χ1v) is 6.63. The summed E-state index contributed by atoms with van der Waals surface area (Å²) in [5, 5.41) is 7.09. The van der Waals surface area contributed by atoms with Crippen LogP contribution in [0, 0.1) is 0 Å². The summed E-state index contributed by atoms with van der Waals surface area (Å²) in [5.74, 6) is 1.62. The van der Waals surface area contributed by atoms with Crippen molar-refractivity contribution in [2.45, 2.75) is 6.92 Å². The van der Waals surface area contributed by atoms with Gasteiger partial charge in [0.15, 0.2) is 17.3 Å². The molecular formula is C16H18N2O4. The van der Waals surface area contributed by atoms with Crippen molar-refractivity contribution < 1.29 is 19.0 Å². The van der Waals surface area contributed by atoms with Crippen molar-refractivity contribution in [1.82, 2.24) is 10.2 Å². The molecule has 1 N–H and O–H groups in total. The number of ether oxygens (including phenoxy) is 3. The highest BCUT2D eigenvalue weighted by molar-refractivity contribution is 5.91. The highest BCUT2D eigenvalue weighted by Crippen LogP contribution is 2.40. The van der Waals surface area contributed by atoms with Gasteiger partial charge in [-0.2, -0.15) is 5.10 Å². The summed E-state index contributed by atoms with van der Waals surface area (Å²) < 4.78 is 15.9. The van der Waals surface area contributed by atoms with E-state index in [0.717, 1.165) is 11.3 Å². The van der Waals surface area contributed by atoms with Crippen LogP contribution in [-0.4, -0.2) is 37.3 Å². The summed E-state index contributed by atoms with van der Waals surface area (Å²) in [7, 11) is 4.68. The van der Waals surface area contributed by atoms with Crippen molar-refractivity contribution in [2.75, 3.05) is 21.3 Å². The fourth-order valence-corrected chi connectivity index (χ4v) is 2.01. The molecular weight excluding hydrogens is 284 g/mol. The number of rotatable bonds is 6. The monoisotopic (exact) mass is 302 g/mol. The van der Waals surface area contributed by atoms with E-state index >= 15 is 0 Å². The second kappa shape index (κ2) is 6.80. The Hall–Kier alpha value is -2.76. The predicted molar refractivity (Wildman–Crippen MR) is 83.4 cm³/mol. The first-order chi connectivity index (χ1) is 10.6. The molecule has 0 radical (unpaired) electrons. The van der Waals surface area contributed by atoms with Crippen molar-refractivity contribution in [2.24, 2.45) is 0 Å². The Morgan fingerprint density at radius 1 is 1.09 bits per heavy atom. The van der Waals surface area contributed by atoms with Gasteiger partial charge in [-0.1, -0.05) is 0 Å². The Bertz CT molecular complexity index is 679. The molecule has 22 heavy (non-hydrogen) atoms. The van der Waals surface area contributed by atoms with Crippen molar-refractivity contribution >= 4 is 11.9 Å². The van der Waals surface area contributed by atoms with E-state index < -0.39 is 0 Å². The molecule has 0 aliphatic heterocycles. The van der Waals surface area contributed by atoms with E-state index in [1.165, 1.54) is 13.0 Å². The summed E-state index contributed by atoms with van der Waals surface area (Å²) >= 11 is 0. The Labute approximate surface area is 128 Å². The number of aromatic nitrogens is 2. The molecule has 1 heterocycles. The molecule has 0 amide bonds. The second-order valence-corrected chi connectivity index (χ2v) is 4.57. The van der Waals surface area contributed by atoms with Crippen LogP contribution in [0.5, 0.6) is 17.2 Å². The van der Waals surface area contributed by atoms with Gasteiger partial charge in [0.25, 0.3) is 0 Å². The normalized spacial score (nSPS) is 10.7. The summed E-state index contributed by atoms with van der Waals surface area (Å²) in [5.41, 5.74) is 2.26. The molecule has 0 unspecified atom stereocenters. The Balaban J connectivity index is 2.42. The zero-order chi connectivity index (χ0) is 16.1. The molecule has 0 aliphatic rings. The van der Waals surface area contributed by atoms with Crippen LogP contribution < -0.4 is 14.2 Å². The van der Waals surface area contributed by atoms with Crippen molar-refractivity contribution in [3.63, 3.8) is 0 Å². The van der Waals surface area contributed by atoms with Crippen molar-refractivity contribution in [3.8, 4) is 28.5 Å². The van der Waals surface area contributed by atoms with Crippen LogP contribution in [0.1, 0.15) is 12.6 Å². The van der Waals surface area contributed by atoms with Crippen LogP contribution in [0.3, 0.4) is 0 Å². The largest absolute Gasteiger partial charge is 0.493 e. The number of allylic oxidation sites excluding steroid dienone is 1. The zero-order valence-electron chi connectivity index (χ0n) is 13.0. The molecule has 0 atom stereocenters. The van der Waals surface area contributed by atoms with Gasteiger partial charge in [-0.05, 0) is 37.3 Å². The third kappa shape index (κ3) is 3.28. The molecule has 0 spiro atoms. The van der Waals surface area contributed by atoms with Gasteiger partial charge in [0.1, 0.15) is 0 Å². The Kier molecular flexibility index (Phi) is 4.83. The summed E-state index contributed by atoms with van der Waals surface area (Å²) in [6.45, 7) is 1.49. The topological polar surface area (TPSA) is 73.4 Å². The third-order valence-electron chi connectivity index (χ3n) is 3.06. The number of ketones is 1. The number of H-pyrrole nitrogens is 1. The Morgan fingerprint density at radius 2 is 1.73 bits per heavy atom. The van der Waals surface area contributed by atoms with Gasteiger partial charge in [-0.25, -0.2) is 0 Å². The van der Waals surface area contributed by atoms with Gasteiger partial charge < -0.3 is 14.2 Å². The van der Waals surface area contributed by atoms with Crippen molar-refractivity contribution in [1.29, 1.82) is 0 Å². The lowest BCUT2D eigenvalue weighted by molar-refractivity contribution is -0.112. The molecule has 0 saturated carbocycles. The molecule has 0 saturated heterocycles. The van der Waals surface area contributed by atoms with Gasteiger partial charge >= 0.3 is 0 Å². The van der Waals surface area contributed by atoms with E-state index in [0.29, 0.717) is 22.9 Å². The molecule has 116 valence electrons. The summed E-state index contributed by atoms with van der Waals surface area (Å²) in [6.07, 6.45) is 3.16. The molecule has 0 aliphatic carbocycles. The molecule has 1 aromatic heterocycles. The van der Waals surface area contributed by atoms with Crippen LogP contribution >= 0.6 is 0 Å². The van der Waals surface area contributed by atoms with Crippen LogP contribution in [0.4, 0.5) is 0 Å². The van der Waals surface area contributed by atoms with Crippen molar-refractivity contribution in [3.05, 3.63) is 30.0 Å². The number of nitrogens with zero attached hydrogens (tertiary/aromatic N) is 1. The molecule has 2 aromatic rings. The van der Waals surface area contributed by atoms with E-state index in [1.54, 1.807) is 27.4 Å². The number of hydrogen-bond donors (Lipinski definition) is 1. The van der Waals surface area contributed by atoms with Crippen LogP contribution in [-0.2, 0) is 4.79 Å². The van der Waals surface area contributed by atoms with Gasteiger partial charge in [0.05, 0.1) is 32.7 Å². The van der Waals surface area contributed by atoms with Gasteiger partial charge in [0.2, 0.25) is 5.75 Å². The highest BCUT2D eigenvalue weighted by Gasteiger charge is 2.15. The summed E-state index contributed by atoms with van der Waals surface area (Å²) in [4.78, 5) is 11.0. The quantitative estimate of drug-likeness (QED) is 0.831. The number of carbonyl (C=O) groups excluding carboxylic acids is 1. The second-order valence-electron chi connectivity index (χ2n) is 4.57. The fourth-order valence-electron chi connectivity index (χ4n) is 2.01. The van der Waals surface area contributed by atoms with Gasteiger partial charge in [-0.3, -0.25) is 9.89 Å². The minimum absolute atomic E-state index is 0.0241. The minimum atomic E-state index is -0.0241. The van der Waals surface area contributed by atoms with Crippen LogP contribution in [0.25, 0.3) is 17.3 Å². The number of hydrogen-bond acceptors (Lipinski definition) is 5. The lowest BCUT2D eigenvalue weighted by Gasteiger charge is -2.13. The maximum Gasteiger partial charge on any atom is 0.203 e. The van der Waals surface area contributed by atoms with E-state index in [9.17, 15) is 4.79 Å². The lowest BCUT2D eigenvalue weighted by atomic mass is 10.1. The third-order valence-corrected chi connectivity index (χ3v) is 3.06. The molecule has 6 nitrogen and oxygen atoms in total. The number of benzene rings is 1. The predicted octanol–water partition coefficient (Wildman–Crippen LogP) is 2.70. The molecule has 6 heteroatoms. The van der Waals surface area contributed by atoms with Gasteiger partial charge in [-0.15, -0.1) is 0 Å². The van der Waals surface area contributed by atoms with E-state index in [-0.39, 0.29) is 5.78 Å². The number of nitrogens with one attached hydrogen (secondary N) is 1. The molecule has 0 bridgehead atoms. The molecule has 1 aromatic carbocycles. The van der Waals surface area contributed by atoms with Crippen LogP contribution in [0.2, 0.25) is 0 Å². The van der Waals surface area contributed by atoms with E-state index in [4.69, 9.17) is 14.2 Å². The van der Waals surface area contributed by atoms with E-state index in [1.807, 2.05) is 18.2 Å². The van der Waals surface area contributed by atoms with Gasteiger partial charge in [0, 0.05) is 5.56 Å². The Morgan fingerprint density at radius 3 is 2.23 bits per heavy atom. The fraction of sp³-hybridized carbons (Fsp3) is 0.250. The van der Waals surface area contributed by atoms with E-state index in [2.05, 4.69) is 10.2 Å². The first-order valence-electron chi connectivity index (χ1n) is 6.63.